The number of aryl methyl sites for hydroxylation is 1. The van der Waals surface area contributed by atoms with E-state index in [4.69, 9.17) is 0 Å². The Hall–Kier alpha value is -3.19. The van der Waals surface area contributed by atoms with Gasteiger partial charge in [0.2, 0.25) is 5.91 Å². The number of rotatable bonds is 5. The van der Waals surface area contributed by atoms with Crippen LogP contribution in [0.25, 0.3) is 10.8 Å². The quantitative estimate of drug-likeness (QED) is 0.667. The van der Waals surface area contributed by atoms with Gasteiger partial charge >= 0.3 is 6.03 Å². The van der Waals surface area contributed by atoms with E-state index in [-0.39, 0.29) is 18.4 Å². The van der Waals surface area contributed by atoms with Crippen LogP contribution in [0.3, 0.4) is 0 Å². The summed E-state index contributed by atoms with van der Waals surface area (Å²) in [6.07, 6.45) is 1.36. The first-order valence-electron chi connectivity index (χ1n) is 10.4. The Balaban J connectivity index is 1.48. The average molecular weight is 436 g/mol. The molecule has 0 saturated carbocycles. The molecule has 4 rings (SSSR count). The van der Waals surface area contributed by atoms with Crippen molar-refractivity contribution in [1.82, 2.24) is 15.1 Å². The van der Waals surface area contributed by atoms with E-state index in [2.05, 4.69) is 29.6 Å². The van der Waals surface area contributed by atoms with Crippen molar-refractivity contribution in [3.8, 4) is 0 Å². The first-order chi connectivity index (χ1) is 15.1. The number of nitrogens with zero attached hydrogens (tertiary/aromatic N) is 2. The minimum atomic E-state index is -0.659. The zero-order valence-electron chi connectivity index (χ0n) is 17.4. The number of piperazine rings is 1. The lowest BCUT2D eigenvalue weighted by atomic mass is 10.0. The van der Waals surface area contributed by atoms with Gasteiger partial charge in [-0.25, -0.2) is 4.79 Å². The summed E-state index contributed by atoms with van der Waals surface area (Å²) >= 11 is 1.55. The number of urea groups is 1. The van der Waals surface area contributed by atoms with Crippen molar-refractivity contribution in [2.75, 3.05) is 20.1 Å². The molecule has 1 fully saturated rings. The van der Waals surface area contributed by atoms with E-state index < -0.39 is 12.1 Å². The molecule has 2 aromatic carbocycles. The van der Waals surface area contributed by atoms with E-state index in [1.54, 1.807) is 16.2 Å². The molecule has 1 aliphatic heterocycles. The maximum absolute atomic E-state index is 13.1. The van der Waals surface area contributed by atoms with Crippen molar-refractivity contribution in [2.24, 2.45) is 0 Å². The number of carbonyl (C=O) groups excluding carboxylic acids is 3. The van der Waals surface area contributed by atoms with Gasteiger partial charge in [-0.1, -0.05) is 48.5 Å². The lowest BCUT2D eigenvalue weighted by Gasteiger charge is -2.39. The SMILES string of the molecule is CNC(=O)N1CCN(C(=O)CCc2ccc3ccccc3c2)[C@H](Cc2cccs2)C1=O. The molecule has 1 saturated heterocycles. The summed E-state index contributed by atoms with van der Waals surface area (Å²) in [4.78, 5) is 42.2. The summed E-state index contributed by atoms with van der Waals surface area (Å²) in [7, 11) is 1.50. The molecule has 0 bridgehead atoms. The third kappa shape index (κ3) is 4.61. The Morgan fingerprint density at radius 1 is 1.06 bits per heavy atom. The molecule has 1 aromatic heterocycles. The number of amides is 4. The standard InChI is InChI=1S/C24H25N3O3S/c1-25-24(30)27-13-12-26(21(23(27)29)16-20-7-4-14-31-20)22(28)11-9-17-8-10-18-5-2-3-6-19(18)15-17/h2-8,10,14-15,21H,9,11-13,16H2,1H3,(H,25,30)/t21-/m1/s1. The number of carbonyl (C=O) groups is 3. The zero-order chi connectivity index (χ0) is 21.8. The Morgan fingerprint density at radius 3 is 2.61 bits per heavy atom. The van der Waals surface area contributed by atoms with Gasteiger partial charge in [0, 0.05) is 37.9 Å². The van der Waals surface area contributed by atoms with E-state index in [0.717, 1.165) is 15.8 Å². The summed E-state index contributed by atoms with van der Waals surface area (Å²) in [5, 5.41) is 6.79. The van der Waals surface area contributed by atoms with Gasteiger partial charge in [0.25, 0.3) is 5.91 Å². The van der Waals surface area contributed by atoms with Crippen molar-refractivity contribution < 1.29 is 14.4 Å². The highest BCUT2D eigenvalue weighted by Gasteiger charge is 2.39. The van der Waals surface area contributed by atoms with Crippen LogP contribution in [-0.2, 0) is 22.4 Å². The molecule has 1 atom stereocenters. The highest BCUT2D eigenvalue weighted by Crippen LogP contribution is 2.22. The molecular formula is C24H25N3O3S. The van der Waals surface area contributed by atoms with E-state index in [1.807, 2.05) is 35.7 Å². The molecule has 0 unspecified atom stereocenters. The number of fused-ring (bicyclic) bond motifs is 1. The van der Waals surface area contributed by atoms with Crippen LogP contribution in [0.1, 0.15) is 16.9 Å². The number of imide groups is 1. The van der Waals surface area contributed by atoms with Crippen molar-refractivity contribution in [3.05, 3.63) is 70.4 Å². The van der Waals surface area contributed by atoms with Crippen molar-refractivity contribution in [3.63, 3.8) is 0 Å². The molecule has 3 aromatic rings. The molecule has 0 spiro atoms. The molecule has 160 valence electrons. The van der Waals surface area contributed by atoms with Gasteiger partial charge in [0.1, 0.15) is 6.04 Å². The average Bonchev–Trinajstić information content (AvgIpc) is 3.31. The molecule has 2 heterocycles. The van der Waals surface area contributed by atoms with Crippen LogP contribution in [0.15, 0.2) is 60.0 Å². The number of thiophene rings is 1. The van der Waals surface area contributed by atoms with Crippen LogP contribution in [-0.4, -0.2) is 53.8 Å². The third-order valence-corrected chi connectivity index (χ3v) is 6.59. The Labute approximate surface area is 185 Å². The maximum Gasteiger partial charge on any atom is 0.323 e. The summed E-state index contributed by atoms with van der Waals surface area (Å²) in [5.74, 6) is -0.377. The normalized spacial score (nSPS) is 16.5. The van der Waals surface area contributed by atoms with Crippen LogP contribution in [0.5, 0.6) is 0 Å². The Morgan fingerprint density at radius 2 is 1.87 bits per heavy atom. The molecule has 31 heavy (non-hydrogen) atoms. The molecule has 4 amide bonds. The number of hydrogen-bond acceptors (Lipinski definition) is 4. The van der Waals surface area contributed by atoms with E-state index >= 15 is 0 Å². The first kappa shape index (κ1) is 21.1. The zero-order valence-corrected chi connectivity index (χ0v) is 18.2. The third-order valence-electron chi connectivity index (χ3n) is 5.69. The lowest BCUT2D eigenvalue weighted by Crippen LogP contribution is -2.62. The summed E-state index contributed by atoms with van der Waals surface area (Å²) < 4.78 is 0. The summed E-state index contributed by atoms with van der Waals surface area (Å²) in [5.41, 5.74) is 1.09. The lowest BCUT2D eigenvalue weighted by molar-refractivity contribution is -0.148. The molecule has 0 radical (unpaired) electrons. The van der Waals surface area contributed by atoms with Gasteiger partial charge in [-0.2, -0.15) is 0 Å². The Kier molecular flexibility index (Phi) is 6.32. The van der Waals surface area contributed by atoms with Crippen LogP contribution in [0.2, 0.25) is 0 Å². The minimum absolute atomic E-state index is 0.0559. The van der Waals surface area contributed by atoms with Crippen LogP contribution < -0.4 is 5.32 Å². The van der Waals surface area contributed by atoms with Crippen molar-refractivity contribution in [2.45, 2.75) is 25.3 Å². The predicted molar refractivity (Wildman–Crippen MR) is 122 cm³/mol. The molecule has 1 aliphatic rings. The molecule has 0 aliphatic carbocycles. The predicted octanol–water partition coefficient (Wildman–Crippen LogP) is 3.46. The number of hydrogen-bond donors (Lipinski definition) is 1. The van der Waals surface area contributed by atoms with Gasteiger partial charge in [0.15, 0.2) is 0 Å². The topological polar surface area (TPSA) is 69.7 Å². The number of nitrogens with one attached hydrogen (secondary N) is 1. The number of benzene rings is 2. The van der Waals surface area contributed by atoms with E-state index in [1.165, 1.54) is 17.3 Å². The fraction of sp³-hybridized carbons (Fsp3) is 0.292. The summed E-state index contributed by atoms with van der Waals surface area (Å²) in [6.45, 7) is 0.562. The van der Waals surface area contributed by atoms with Crippen LogP contribution in [0, 0.1) is 0 Å². The highest BCUT2D eigenvalue weighted by atomic mass is 32.1. The van der Waals surface area contributed by atoms with E-state index in [9.17, 15) is 14.4 Å². The molecule has 1 N–H and O–H groups in total. The second-order valence-corrected chi connectivity index (χ2v) is 8.65. The highest BCUT2D eigenvalue weighted by molar-refractivity contribution is 7.09. The van der Waals surface area contributed by atoms with Crippen LogP contribution >= 0.6 is 11.3 Å². The van der Waals surface area contributed by atoms with Gasteiger partial charge in [-0.05, 0) is 34.2 Å². The first-order valence-corrected chi connectivity index (χ1v) is 11.3. The fourth-order valence-electron chi connectivity index (χ4n) is 4.03. The van der Waals surface area contributed by atoms with Crippen molar-refractivity contribution in [1.29, 1.82) is 0 Å². The smallest absolute Gasteiger partial charge is 0.323 e. The summed E-state index contributed by atoms with van der Waals surface area (Å²) in [6, 6.07) is 17.2. The second kappa shape index (κ2) is 9.31. The molecule has 7 heteroatoms. The van der Waals surface area contributed by atoms with E-state index in [0.29, 0.717) is 25.8 Å². The monoisotopic (exact) mass is 435 g/mol. The molecule has 6 nitrogen and oxygen atoms in total. The van der Waals surface area contributed by atoms with Crippen LogP contribution in [0.4, 0.5) is 4.79 Å². The van der Waals surface area contributed by atoms with Crippen molar-refractivity contribution >= 4 is 40.0 Å². The second-order valence-electron chi connectivity index (χ2n) is 7.61. The maximum atomic E-state index is 13.1. The van der Waals surface area contributed by atoms with Gasteiger partial charge < -0.3 is 10.2 Å². The largest absolute Gasteiger partial charge is 0.341 e. The fourth-order valence-corrected chi connectivity index (χ4v) is 4.77. The molecular weight excluding hydrogens is 410 g/mol. The Bertz CT molecular complexity index is 1100. The van der Waals surface area contributed by atoms with Gasteiger partial charge in [0.05, 0.1) is 0 Å². The van der Waals surface area contributed by atoms with Gasteiger partial charge in [-0.3, -0.25) is 14.5 Å². The minimum Gasteiger partial charge on any atom is -0.341 e. The van der Waals surface area contributed by atoms with Gasteiger partial charge in [-0.15, -0.1) is 11.3 Å².